The number of benzene rings is 1. The Morgan fingerprint density at radius 3 is 2.83 bits per heavy atom. The van der Waals surface area contributed by atoms with Gasteiger partial charge in [0.2, 0.25) is 0 Å². The summed E-state index contributed by atoms with van der Waals surface area (Å²) in [6.45, 7) is 3.01. The molecule has 0 aliphatic carbocycles. The SMILES string of the molecule is CC(NCCc1cscn1)c1ccc(Cl)c(Cl)c1. The van der Waals surface area contributed by atoms with Crippen LogP contribution in [0.1, 0.15) is 24.2 Å². The van der Waals surface area contributed by atoms with Crippen molar-refractivity contribution in [2.45, 2.75) is 19.4 Å². The second kappa shape index (κ2) is 6.53. The molecular weight excluding hydrogens is 287 g/mol. The summed E-state index contributed by atoms with van der Waals surface area (Å²) in [4.78, 5) is 4.25. The van der Waals surface area contributed by atoms with Crippen molar-refractivity contribution in [2.75, 3.05) is 6.54 Å². The van der Waals surface area contributed by atoms with E-state index in [-0.39, 0.29) is 6.04 Å². The molecule has 96 valence electrons. The van der Waals surface area contributed by atoms with Gasteiger partial charge in [-0.25, -0.2) is 4.98 Å². The second-order valence-electron chi connectivity index (χ2n) is 4.08. The van der Waals surface area contributed by atoms with E-state index in [1.54, 1.807) is 11.3 Å². The molecule has 1 heterocycles. The van der Waals surface area contributed by atoms with E-state index >= 15 is 0 Å². The fourth-order valence-corrected chi connectivity index (χ4v) is 2.58. The minimum atomic E-state index is 0.249. The van der Waals surface area contributed by atoms with Gasteiger partial charge in [0.05, 0.1) is 21.2 Å². The molecule has 0 spiro atoms. The maximum atomic E-state index is 6.00. The van der Waals surface area contributed by atoms with Crippen molar-refractivity contribution in [1.82, 2.24) is 10.3 Å². The summed E-state index contributed by atoms with van der Waals surface area (Å²) >= 11 is 13.5. The fraction of sp³-hybridized carbons (Fsp3) is 0.308. The van der Waals surface area contributed by atoms with Gasteiger partial charge in [0.25, 0.3) is 0 Å². The van der Waals surface area contributed by atoms with Crippen molar-refractivity contribution >= 4 is 34.5 Å². The topological polar surface area (TPSA) is 24.9 Å². The molecule has 1 N–H and O–H groups in total. The highest BCUT2D eigenvalue weighted by Gasteiger charge is 2.07. The van der Waals surface area contributed by atoms with E-state index in [0.29, 0.717) is 10.0 Å². The Morgan fingerprint density at radius 1 is 1.33 bits per heavy atom. The molecule has 0 aliphatic rings. The average Bonchev–Trinajstić information content (AvgIpc) is 2.85. The minimum Gasteiger partial charge on any atom is -0.310 e. The molecule has 0 aliphatic heterocycles. The molecule has 1 aromatic carbocycles. The first-order chi connectivity index (χ1) is 8.66. The van der Waals surface area contributed by atoms with Crippen LogP contribution in [0.15, 0.2) is 29.1 Å². The molecule has 0 saturated carbocycles. The van der Waals surface area contributed by atoms with Gasteiger partial charge in [-0.2, -0.15) is 0 Å². The quantitative estimate of drug-likeness (QED) is 0.888. The van der Waals surface area contributed by atoms with Gasteiger partial charge in [-0.3, -0.25) is 0 Å². The van der Waals surface area contributed by atoms with Crippen LogP contribution >= 0.6 is 34.5 Å². The Balaban J connectivity index is 1.87. The van der Waals surface area contributed by atoms with E-state index in [0.717, 1.165) is 24.2 Å². The van der Waals surface area contributed by atoms with E-state index in [2.05, 4.69) is 22.6 Å². The molecule has 0 radical (unpaired) electrons. The van der Waals surface area contributed by atoms with Crippen LogP contribution in [0.3, 0.4) is 0 Å². The van der Waals surface area contributed by atoms with Gasteiger partial charge in [-0.1, -0.05) is 29.3 Å². The molecule has 1 aromatic heterocycles. The summed E-state index contributed by atoms with van der Waals surface area (Å²) in [6, 6.07) is 5.98. The van der Waals surface area contributed by atoms with Gasteiger partial charge in [-0.15, -0.1) is 11.3 Å². The number of aromatic nitrogens is 1. The van der Waals surface area contributed by atoms with Crippen molar-refractivity contribution in [2.24, 2.45) is 0 Å². The predicted molar refractivity (Wildman–Crippen MR) is 78.7 cm³/mol. The lowest BCUT2D eigenvalue weighted by Crippen LogP contribution is -2.21. The molecule has 0 amide bonds. The van der Waals surface area contributed by atoms with E-state index in [1.807, 2.05) is 23.7 Å². The van der Waals surface area contributed by atoms with Crippen LogP contribution in [-0.2, 0) is 6.42 Å². The lowest BCUT2D eigenvalue weighted by molar-refractivity contribution is 0.574. The molecule has 0 saturated heterocycles. The first-order valence-corrected chi connectivity index (χ1v) is 7.42. The summed E-state index contributed by atoms with van der Waals surface area (Å²) < 4.78 is 0. The number of rotatable bonds is 5. The highest BCUT2D eigenvalue weighted by atomic mass is 35.5. The van der Waals surface area contributed by atoms with Crippen LogP contribution in [0.4, 0.5) is 0 Å². The number of halogens is 2. The van der Waals surface area contributed by atoms with E-state index in [1.165, 1.54) is 0 Å². The lowest BCUT2D eigenvalue weighted by Gasteiger charge is -2.14. The van der Waals surface area contributed by atoms with Crippen LogP contribution in [0.2, 0.25) is 10.0 Å². The summed E-state index contributed by atoms with van der Waals surface area (Å²) in [7, 11) is 0. The van der Waals surface area contributed by atoms with E-state index in [4.69, 9.17) is 23.2 Å². The summed E-state index contributed by atoms with van der Waals surface area (Å²) in [5.74, 6) is 0. The third kappa shape index (κ3) is 3.69. The van der Waals surface area contributed by atoms with E-state index in [9.17, 15) is 0 Å². The third-order valence-electron chi connectivity index (χ3n) is 2.76. The van der Waals surface area contributed by atoms with Crippen LogP contribution in [0, 0.1) is 0 Å². The normalized spacial score (nSPS) is 12.6. The Kier molecular flexibility index (Phi) is 5.01. The highest BCUT2D eigenvalue weighted by Crippen LogP contribution is 2.25. The van der Waals surface area contributed by atoms with Crippen LogP contribution in [0.5, 0.6) is 0 Å². The molecule has 1 atom stereocenters. The van der Waals surface area contributed by atoms with Crippen molar-refractivity contribution in [3.63, 3.8) is 0 Å². The highest BCUT2D eigenvalue weighted by molar-refractivity contribution is 7.07. The first kappa shape index (κ1) is 13.8. The number of nitrogens with zero attached hydrogens (tertiary/aromatic N) is 1. The molecular formula is C13H14Cl2N2S. The fourth-order valence-electron chi connectivity index (χ4n) is 1.68. The number of hydrogen-bond acceptors (Lipinski definition) is 3. The van der Waals surface area contributed by atoms with Gasteiger partial charge >= 0.3 is 0 Å². The Morgan fingerprint density at radius 2 is 2.17 bits per heavy atom. The molecule has 2 nitrogen and oxygen atoms in total. The molecule has 5 heteroatoms. The largest absolute Gasteiger partial charge is 0.310 e. The molecule has 2 rings (SSSR count). The smallest absolute Gasteiger partial charge is 0.0794 e. The van der Waals surface area contributed by atoms with Crippen LogP contribution < -0.4 is 5.32 Å². The average molecular weight is 301 g/mol. The third-order valence-corrected chi connectivity index (χ3v) is 4.13. The van der Waals surface area contributed by atoms with Crippen molar-refractivity contribution in [1.29, 1.82) is 0 Å². The van der Waals surface area contributed by atoms with Crippen molar-refractivity contribution < 1.29 is 0 Å². The minimum absolute atomic E-state index is 0.249. The van der Waals surface area contributed by atoms with Gasteiger partial charge in [-0.05, 0) is 24.6 Å². The van der Waals surface area contributed by atoms with Crippen molar-refractivity contribution in [3.05, 3.63) is 50.4 Å². The van der Waals surface area contributed by atoms with E-state index < -0.39 is 0 Å². The maximum Gasteiger partial charge on any atom is 0.0794 e. The monoisotopic (exact) mass is 300 g/mol. The molecule has 0 bridgehead atoms. The van der Waals surface area contributed by atoms with Gasteiger partial charge in [0, 0.05) is 24.4 Å². The first-order valence-electron chi connectivity index (χ1n) is 5.72. The Hall–Kier alpha value is -0.610. The molecule has 0 fully saturated rings. The zero-order valence-corrected chi connectivity index (χ0v) is 12.3. The molecule has 18 heavy (non-hydrogen) atoms. The number of thiazole rings is 1. The lowest BCUT2D eigenvalue weighted by atomic mass is 10.1. The number of hydrogen-bond donors (Lipinski definition) is 1. The van der Waals surface area contributed by atoms with Crippen LogP contribution in [0.25, 0.3) is 0 Å². The number of nitrogens with one attached hydrogen (secondary N) is 1. The zero-order valence-electron chi connectivity index (χ0n) is 9.99. The van der Waals surface area contributed by atoms with Gasteiger partial charge in [0.15, 0.2) is 0 Å². The summed E-state index contributed by atoms with van der Waals surface area (Å²) in [5, 5.41) is 6.71. The maximum absolute atomic E-state index is 6.00. The predicted octanol–water partition coefficient (Wildman–Crippen LogP) is 4.34. The Labute approximate surface area is 121 Å². The zero-order chi connectivity index (χ0) is 13.0. The van der Waals surface area contributed by atoms with Crippen LogP contribution in [-0.4, -0.2) is 11.5 Å². The van der Waals surface area contributed by atoms with Gasteiger partial charge in [0.1, 0.15) is 0 Å². The summed E-state index contributed by atoms with van der Waals surface area (Å²) in [6.07, 6.45) is 0.940. The Bertz CT molecular complexity index is 500. The van der Waals surface area contributed by atoms with Gasteiger partial charge < -0.3 is 5.32 Å². The molecule has 2 aromatic rings. The van der Waals surface area contributed by atoms with Crippen molar-refractivity contribution in [3.8, 4) is 0 Å². The summed E-state index contributed by atoms with van der Waals surface area (Å²) in [5.41, 5.74) is 4.13. The standard InChI is InChI=1S/C13H14Cl2N2S/c1-9(10-2-3-12(14)13(15)6-10)16-5-4-11-7-18-8-17-11/h2-3,6-9,16H,4-5H2,1H3. The second-order valence-corrected chi connectivity index (χ2v) is 5.61. The molecule has 1 unspecified atom stereocenters.